The second-order valence-electron chi connectivity index (χ2n) is 6.49. The second kappa shape index (κ2) is 5.84. The third-order valence-electron chi connectivity index (χ3n) is 4.52. The van der Waals surface area contributed by atoms with E-state index in [1.54, 1.807) is 4.57 Å². The van der Waals surface area contributed by atoms with Crippen LogP contribution in [-0.4, -0.2) is 24.3 Å². The lowest BCUT2D eigenvalue weighted by Crippen LogP contribution is -2.08. The maximum atomic E-state index is 11.8. The highest BCUT2D eigenvalue weighted by Crippen LogP contribution is 2.48. The van der Waals surface area contributed by atoms with Crippen LogP contribution in [0.5, 0.6) is 11.6 Å². The molecule has 3 rings (SSSR count). The first-order chi connectivity index (χ1) is 11.2. The summed E-state index contributed by atoms with van der Waals surface area (Å²) in [5.74, 6) is 0.386. The van der Waals surface area contributed by atoms with Gasteiger partial charge in [0.2, 0.25) is 5.88 Å². The molecule has 5 nitrogen and oxygen atoms in total. The van der Waals surface area contributed by atoms with E-state index in [0.29, 0.717) is 18.5 Å². The molecule has 1 aromatic heterocycles. The SMILES string of the molecule is CCc1cc(C)cc(C)c1-c1c(OS(C)(=O)=O)c2n(c1O)CCC2. The van der Waals surface area contributed by atoms with Crippen LogP contribution in [0.1, 0.15) is 35.7 Å². The Labute approximate surface area is 143 Å². The molecule has 0 bridgehead atoms. The minimum Gasteiger partial charge on any atom is -0.494 e. The van der Waals surface area contributed by atoms with Crippen LogP contribution in [0.3, 0.4) is 0 Å². The molecule has 2 heterocycles. The molecule has 0 spiro atoms. The number of aromatic hydroxyl groups is 1. The fourth-order valence-corrected chi connectivity index (χ4v) is 4.17. The van der Waals surface area contributed by atoms with Crippen molar-refractivity contribution in [1.82, 2.24) is 4.57 Å². The molecule has 1 N–H and O–H groups in total. The number of aromatic nitrogens is 1. The lowest BCUT2D eigenvalue weighted by molar-refractivity contribution is 0.424. The summed E-state index contributed by atoms with van der Waals surface area (Å²) < 4.78 is 30.6. The molecule has 0 saturated carbocycles. The number of hydrogen-bond donors (Lipinski definition) is 1. The standard InChI is InChI=1S/C18H23NO4S/c1-5-13-10-11(2)9-12(3)15(13)16-17(23-24(4,21)22)14-7-6-8-19(14)18(16)20/h9-10,20H,5-8H2,1-4H3. The maximum absolute atomic E-state index is 11.8. The van der Waals surface area contributed by atoms with E-state index in [1.807, 2.05) is 19.9 Å². The van der Waals surface area contributed by atoms with Crippen molar-refractivity contribution in [2.24, 2.45) is 0 Å². The summed E-state index contributed by atoms with van der Waals surface area (Å²) in [7, 11) is -3.68. The zero-order chi connectivity index (χ0) is 17.6. The third kappa shape index (κ3) is 2.79. The van der Waals surface area contributed by atoms with Crippen molar-refractivity contribution in [3.05, 3.63) is 34.5 Å². The van der Waals surface area contributed by atoms with E-state index >= 15 is 0 Å². The van der Waals surface area contributed by atoms with Gasteiger partial charge in [0, 0.05) is 6.54 Å². The van der Waals surface area contributed by atoms with Crippen LogP contribution in [0.4, 0.5) is 0 Å². The van der Waals surface area contributed by atoms with Crippen LogP contribution in [0.2, 0.25) is 0 Å². The Kier molecular flexibility index (Phi) is 4.11. The van der Waals surface area contributed by atoms with E-state index in [1.165, 1.54) is 0 Å². The normalized spacial score (nSPS) is 14.0. The smallest absolute Gasteiger partial charge is 0.306 e. The Morgan fingerprint density at radius 3 is 2.58 bits per heavy atom. The summed E-state index contributed by atoms with van der Waals surface area (Å²) in [6, 6.07) is 4.12. The molecule has 0 aliphatic carbocycles. The van der Waals surface area contributed by atoms with Gasteiger partial charge in [-0.05, 0) is 49.8 Å². The molecule has 0 atom stereocenters. The monoisotopic (exact) mass is 349 g/mol. The summed E-state index contributed by atoms with van der Waals surface area (Å²) in [5.41, 5.74) is 5.36. The molecule has 0 radical (unpaired) electrons. The molecular weight excluding hydrogens is 326 g/mol. The first kappa shape index (κ1) is 16.9. The number of aryl methyl sites for hydroxylation is 3. The molecule has 0 fully saturated rings. The van der Waals surface area contributed by atoms with E-state index in [2.05, 4.69) is 13.0 Å². The molecular formula is C18H23NO4S. The largest absolute Gasteiger partial charge is 0.494 e. The Bertz CT molecular complexity index is 910. The van der Waals surface area contributed by atoms with E-state index in [9.17, 15) is 13.5 Å². The van der Waals surface area contributed by atoms with Crippen LogP contribution in [0.15, 0.2) is 12.1 Å². The van der Waals surface area contributed by atoms with Crippen LogP contribution in [0, 0.1) is 13.8 Å². The lowest BCUT2D eigenvalue weighted by atomic mass is 9.92. The van der Waals surface area contributed by atoms with E-state index < -0.39 is 10.1 Å². The number of fused-ring (bicyclic) bond motifs is 1. The van der Waals surface area contributed by atoms with Gasteiger partial charge >= 0.3 is 10.1 Å². The van der Waals surface area contributed by atoms with Gasteiger partial charge < -0.3 is 13.9 Å². The molecule has 1 aliphatic rings. The molecule has 0 amide bonds. The Balaban J connectivity index is 2.34. The quantitative estimate of drug-likeness (QED) is 0.860. The summed E-state index contributed by atoms with van der Waals surface area (Å²) in [5, 5.41) is 10.8. The van der Waals surface area contributed by atoms with Gasteiger partial charge in [-0.1, -0.05) is 24.6 Å². The number of benzene rings is 1. The molecule has 1 aromatic carbocycles. The van der Waals surface area contributed by atoms with Gasteiger partial charge in [0.15, 0.2) is 5.75 Å². The molecule has 130 valence electrons. The van der Waals surface area contributed by atoms with Gasteiger partial charge in [0.05, 0.1) is 17.5 Å². The summed E-state index contributed by atoms with van der Waals surface area (Å²) in [6.07, 6.45) is 3.40. The molecule has 1 aliphatic heterocycles. The molecule has 6 heteroatoms. The van der Waals surface area contributed by atoms with E-state index in [-0.39, 0.29) is 11.6 Å². The van der Waals surface area contributed by atoms with Gasteiger partial charge in [-0.15, -0.1) is 0 Å². The Hall–Kier alpha value is -1.95. The first-order valence-corrected chi connectivity index (χ1v) is 9.98. The summed E-state index contributed by atoms with van der Waals surface area (Å²) in [4.78, 5) is 0. The van der Waals surface area contributed by atoms with Crippen LogP contribution >= 0.6 is 0 Å². The highest BCUT2D eigenvalue weighted by molar-refractivity contribution is 7.86. The van der Waals surface area contributed by atoms with Gasteiger partial charge in [0.1, 0.15) is 0 Å². The number of nitrogens with zero attached hydrogens (tertiary/aromatic N) is 1. The molecule has 2 aromatic rings. The molecule has 0 saturated heterocycles. The van der Waals surface area contributed by atoms with Crippen molar-refractivity contribution in [3.8, 4) is 22.8 Å². The zero-order valence-corrected chi connectivity index (χ0v) is 15.3. The van der Waals surface area contributed by atoms with Crippen molar-refractivity contribution in [3.63, 3.8) is 0 Å². The third-order valence-corrected chi connectivity index (χ3v) is 4.99. The van der Waals surface area contributed by atoms with Gasteiger partial charge in [-0.2, -0.15) is 8.42 Å². The van der Waals surface area contributed by atoms with Crippen LogP contribution in [-0.2, 0) is 29.5 Å². The highest BCUT2D eigenvalue weighted by Gasteiger charge is 2.31. The van der Waals surface area contributed by atoms with Gasteiger partial charge in [-0.3, -0.25) is 0 Å². The van der Waals surface area contributed by atoms with Crippen molar-refractivity contribution < 1.29 is 17.7 Å². The minimum absolute atomic E-state index is 0.0998. The van der Waals surface area contributed by atoms with Crippen LogP contribution in [0.25, 0.3) is 11.1 Å². The van der Waals surface area contributed by atoms with Gasteiger partial charge in [-0.25, -0.2) is 0 Å². The Morgan fingerprint density at radius 2 is 1.96 bits per heavy atom. The van der Waals surface area contributed by atoms with E-state index in [0.717, 1.165) is 47.0 Å². The summed E-state index contributed by atoms with van der Waals surface area (Å²) >= 11 is 0. The Morgan fingerprint density at radius 1 is 1.25 bits per heavy atom. The predicted octanol–water partition coefficient (Wildman–Crippen LogP) is 3.32. The fraction of sp³-hybridized carbons (Fsp3) is 0.444. The van der Waals surface area contributed by atoms with Crippen molar-refractivity contribution >= 4 is 10.1 Å². The minimum atomic E-state index is -3.68. The molecule has 0 unspecified atom stereocenters. The zero-order valence-electron chi connectivity index (χ0n) is 14.5. The topological polar surface area (TPSA) is 68.5 Å². The summed E-state index contributed by atoms with van der Waals surface area (Å²) in [6.45, 7) is 6.74. The number of rotatable bonds is 4. The first-order valence-electron chi connectivity index (χ1n) is 8.17. The van der Waals surface area contributed by atoms with Crippen molar-refractivity contribution in [2.75, 3.05) is 6.26 Å². The average Bonchev–Trinajstić information content (AvgIpc) is 3.03. The predicted molar refractivity (Wildman–Crippen MR) is 94.2 cm³/mol. The van der Waals surface area contributed by atoms with Crippen molar-refractivity contribution in [2.45, 2.75) is 46.6 Å². The molecule has 24 heavy (non-hydrogen) atoms. The average molecular weight is 349 g/mol. The van der Waals surface area contributed by atoms with Crippen molar-refractivity contribution in [1.29, 1.82) is 0 Å². The maximum Gasteiger partial charge on any atom is 0.306 e. The highest BCUT2D eigenvalue weighted by atomic mass is 32.2. The van der Waals surface area contributed by atoms with Crippen LogP contribution < -0.4 is 4.18 Å². The fourth-order valence-electron chi connectivity index (χ4n) is 3.68. The number of hydrogen-bond acceptors (Lipinski definition) is 4. The van der Waals surface area contributed by atoms with E-state index in [4.69, 9.17) is 4.18 Å². The second-order valence-corrected chi connectivity index (χ2v) is 8.06. The lowest BCUT2D eigenvalue weighted by Gasteiger charge is -2.15. The van der Waals surface area contributed by atoms with Gasteiger partial charge in [0.25, 0.3) is 0 Å².